The van der Waals surface area contributed by atoms with E-state index in [2.05, 4.69) is 20.9 Å². The molecule has 172 valence electrons. The van der Waals surface area contributed by atoms with Gasteiger partial charge in [-0.25, -0.2) is 4.98 Å². The molecule has 5 N–H and O–H groups in total. The highest BCUT2D eigenvalue weighted by Crippen LogP contribution is 2.37. The number of nitrogens with two attached hydrogens (primary N) is 1. The van der Waals surface area contributed by atoms with Crippen LogP contribution in [0.1, 0.15) is 37.7 Å². The van der Waals surface area contributed by atoms with Gasteiger partial charge in [0.15, 0.2) is 0 Å². The fourth-order valence-corrected chi connectivity index (χ4v) is 5.06. The molecule has 1 aromatic heterocycles. The number of likely N-dealkylation sites (tertiary alicyclic amines) is 1. The zero-order valence-electron chi connectivity index (χ0n) is 18.6. The molecule has 2 saturated heterocycles. The normalized spacial score (nSPS) is 22.7. The number of phenolic OH excluding ortho intramolecular Hbond substituents is 1. The van der Waals surface area contributed by atoms with Crippen molar-refractivity contribution in [3.63, 3.8) is 0 Å². The predicted octanol–water partition coefficient (Wildman–Crippen LogP) is 3.26. The van der Waals surface area contributed by atoms with Crippen LogP contribution in [-0.4, -0.2) is 57.8 Å². The number of piperazine rings is 1. The Labute approximate surface area is 193 Å². The van der Waals surface area contributed by atoms with E-state index in [4.69, 9.17) is 21.3 Å². The van der Waals surface area contributed by atoms with Crippen LogP contribution in [0.25, 0.3) is 0 Å². The minimum absolute atomic E-state index is 0.0455. The van der Waals surface area contributed by atoms with E-state index in [-0.39, 0.29) is 29.4 Å². The van der Waals surface area contributed by atoms with Gasteiger partial charge in [0.25, 0.3) is 0 Å². The van der Waals surface area contributed by atoms with Crippen molar-refractivity contribution in [2.24, 2.45) is 5.73 Å². The second-order valence-electron chi connectivity index (χ2n) is 9.09. The van der Waals surface area contributed by atoms with E-state index in [1.54, 1.807) is 30.3 Å². The smallest absolute Gasteiger partial charge is 0.215 e. The van der Waals surface area contributed by atoms with Gasteiger partial charge in [0.1, 0.15) is 17.7 Å². The first-order chi connectivity index (χ1) is 16.0. The number of nitrogens with zero attached hydrogens (tertiary/aromatic N) is 3. The monoisotopic (exact) mass is 446 g/mol. The number of phenols is 1. The lowest BCUT2D eigenvalue weighted by atomic mass is 9.96. The second-order valence-corrected chi connectivity index (χ2v) is 9.09. The van der Waals surface area contributed by atoms with Gasteiger partial charge in [0, 0.05) is 48.7 Å². The highest BCUT2D eigenvalue weighted by Gasteiger charge is 2.41. The van der Waals surface area contributed by atoms with Crippen LogP contribution in [0.15, 0.2) is 54.4 Å². The first-order valence-electron chi connectivity index (χ1n) is 11.6. The number of benzene rings is 1. The number of pyridine rings is 1. The van der Waals surface area contributed by atoms with Crippen LogP contribution < -0.4 is 15.4 Å². The number of anilines is 1. The molecule has 2 aliphatic heterocycles. The Balaban J connectivity index is 1.35. The number of amidine groups is 1. The van der Waals surface area contributed by atoms with E-state index in [0.29, 0.717) is 23.2 Å². The summed E-state index contributed by atoms with van der Waals surface area (Å²) in [6, 6.07) is 11.4. The van der Waals surface area contributed by atoms with Gasteiger partial charge >= 0.3 is 0 Å². The number of hydrogen-bond donors (Lipinski definition) is 4. The minimum atomic E-state index is -0.0666. The molecule has 2 atom stereocenters. The number of ether oxygens (including phenoxy) is 1. The Morgan fingerprint density at radius 2 is 1.82 bits per heavy atom. The van der Waals surface area contributed by atoms with E-state index in [0.717, 1.165) is 44.5 Å². The van der Waals surface area contributed by atoms with Crippen molar-refractivity contribution in [1.29, 1.82) is 10.8 Å². The molecule has 5 rings (SSSR count). The summed E-state index contributed by atoms with van der Waals surface area (Å²) in [7, 11) is 0. The molecule has 2 bridgehead atoms. The van der Waals surface area contributed by atoms with Crippen LogP contribution in [0.5, 0.6) is 11.6 Å². The molecule has 1 saturated carbocycles. The summed E-state index contributed by atoms with van der Waals surface area (Å²) in [5.41, 5.74) is 8.17. The maximum absolute atomic E-state index is 10.1. The third-order valence-corrected chi connectivity index (χ3v) is 6.93. The summed E-state index contributed by atoms with van der Waals surface area (Å²) >= 11 is 0. The first-order valence-corrected chi connectivity index (χ1v) is 11.6. The van der Waals surface area contributed by atoms with Gasteiger partial charge in [0.05, 0.1) is 11.4 Å². The summed E-state index contributed by atoms with van der Waals surface area (Å²) in [5.74, 6) is 0.673. The molecule has 3 aliphatic rings. The number of nitrogens with one attached hydrogen (secondary N) is 2. The third-order valence-electron chi connectivity index (χ3n) is 6.93. The summed E-state index contributed by atoms with van der Waals surface area (Å²) in [6.45, 7) is 1.44. The van der Waals surface area contributed by atoms with Crippen LogP contribution in [0.2, 0.25) is 0 Å². The summed E-state index contributed by atoms with van der Waals surface area (Å²) < 4.78 is 6.01. The van der Waals surface area contributed by atoms with E-state index in [1.807, 2.05) is 12.3 Å². The van der Waals surface area contributed by atoms with Gasteiger partial charge in [-0.05, 0) is 56.4 Å². The zero-order chi connectivity index (χ0) is 22.9. The number of hydrogen-bond acceptors (Lipinski definition) is 7. The number of aromatic nitrogens is 1. The standard InChI is InChI=1S/C25H30N6O2/c26-21(20-6-1-2-7-23(20)32)13-22(25(27)28)30-14-17-8-9-18(15-30)31(17)16-10-11-29-24(12-16)33-19-4-3-5-19/h1-2,6-7,10-13,17-19,26,32H,3-5,8-9,14-15H2,(H3,27,28)/b22-13+,26-21?. The summed E-state index contributed by atoms with van der Waals surface area (Å²) in [4.78, 5) is 8.97. The highest BCUT2D eigenvalue weighted by molar-refractivity contribution is 6.12. The lowest BCUT2D eigenvalue weighted by molar-refractivity contribution is 0.114. The average Bonchev–Trinajstić information content (AvgIpc) is 3.04. The van der Waals surface area contributed by atoms with Gasteiger partial charge < -0.3 is 30.8 Å². The van der Waals surface area contributed by atoms with Crippen molar-refractivity contribution in [3.05, 3.63) is 59.9 Å². The fourth-order valence-electron chi connectivity index (χ4n) is 5.06. The lowest BCUT2D eigenvalue weighted by Gasteiger charge is -2.44. The number of rotatable bonds is 7. The summed E-state index contributed by atoms with van der Waals surface area (Å²) in [5, 5.41) is 26.7. The van der Waals surface area contributed by atoms with E-state index in [9.17, 15) is 5.11 Å². The molecule has 0 amide bonds. The van der Waals surface area contributed by atoms with Gasteiger partial charge in [-0.15, -0.1) is 0 Å². The Bertz CT molecular complexity index is 1080. The largest absolute Gasteiger partial charge is 0.507 e. The van der Waals surface area contributed by atoms with E-state index in [1.165, 1.54) is 6.42 Å². The second kappa shape index (κ2) is 8.77. The Morgan fingerprint density at radius 3 is 2.45 bits per heavy atom. The van der Waals surface area contributed by atoms with Gasteiger partial charge in [0.2, 0.25) is 5.88 Å². The molecule has 1 aromatic carbocycles. The average molecular weight is 447 g/mol. The van der Waals surface area contributed by atoms with Crippen molar-refractivity contribution >= 4 is 17.2 Å². The molecule has 1 aliphatic carbocycles. The lowest BCUT2D eigenvalue weighted by Crippen LogP contribution is -2.54. The fraction of sp³-hybridized carbons (Fsp3) is 0.400. The van der Waals surface area contributed by atoms with Crippen molar-refractivity contribution in [2.75, 3.05) is 18.0 Å². The van der Waals surface area contributed by atoms with E-state index >= 15 is 0 Å². The minimum Gasteiger partial charge on any atom is -0.507 e. The van der Waals surface area contributed by atoms with Crippen LogP contribution in [0, 0.1) is 10.8 Å². The molecular weight excluding hydrogens is 416 g/mol. The Kier molecular flexibility index (Phi) is 5.66. The molecule has 0 radical (unpaired) electrons. The molecule has 0 spiro atoms. The molecule has 33 heavy (non-hydrogen) atoms. The van der Waals surface area contributed by atoms with Gasteiger partial charge in [-0.3, -0.25) is 5.41 Å². The summed E-state index contributed by atoms with van der Waals surface area (Å²) in [6.07, 6.45) is 9.27. The van der Waals surface area contributed by atoms with Crippen LogP contribution in [-0.2, 0) is 0 Å². The highest BCUT2D eigenvalue weighted by atomic mass is 16.5. The molecule has 3 fully saturated rings. The molecule has 8 heteroatoms. The SMILES string of the molecule is N=C(N)/C(=C\C(=N)c1ccccc1O)N1CC2CCC(C1)N2c1ccnc(OC2CCC2)c1. The molecule has 2 aromatic rings. The van der Waals surface area contributed by atoms with Crippen molar-refractivity contribution in [1.82, 2.24) is 9.88 Å². The maximum Gasteiger partial charge on any atom is 0.215 e. The number of allylic oxidation sites excluding steroid dienone is 1. The van der Waals surface area contributed by atoms with Crippen LogP contribution >= 0.6 is 0 Å². The number of fused-ring (bicyclic) bond motifs is 2. The zero-order valence-corrected chi connectivity index (χ0v) is 18.6. The van der Waals surface area contributed by atoms with Crippen LogP contribution in [0.3, 0.4) is 0 Å². The Hall–Kier alpha value is -3.55. The first kappa shape index (κ1) is 21.3. The molecule has 8 nitrogen and oxygen atoms in total. The quantitative estimate of drug-likeness (QED) is 0.382. The number of para-hydroxylation sites is 1. The van der Waals surface area contributed by atoms with Crippen molar-refractivity contribution < 1.29 is 9.84 Å². The topological polar surface area (TPSA) is 123 Å². The maximum atomic E-state index is 10.1. The molecule has 2 unspecified atom stereocenters. The third kappa shape index (κ3) is 4.25. The van der Waals surface area contributed by atoms with E-state index < -0.39 is 0 Å². The van der Waals surface area contributed by atoms with Crippen molar-refractivity contribution in [3.8, 4) is 11.6 Å². The Morgan fingerprint density at radius 1 is 1.09 bits per heavy atom. The van der Waals surface area contributed by atoms with Gasteiger partial charge in [-0.2, -0.15) is 0 Å². The van der Waals surface area contributed by atoms with Crippen molar-refractivity contribution in [2.45, 2.75) is 50.3 Å². The van der Waals surface area contributed by atoms with Gasteiger partial charge in [-0.1, -0.05) is 12.1 Å². The van der Waals surface area contributed by atoms with Crippen LogP contribution in [0.4, 0.5) is 5.69 Å². The molecule has 3 heterocycles. The predicted molar refractivity (Wildman–Crippen MR) is 128 cm³/mol. The number of aromatic hydroxyl groups is 1. The molecular formula is C25H30N6O2.